The number of hydrogen-bond donors (Lipinski definition) is 3. The smallest absolute Gasteiger partial charge is 0.170 e. The predicted molar refractivity (Wildman–Crippen MR) is 81.8 cm³/mol. The SMILES string of the molecule is CC1CCCCCC1NCc1ccccc1C(N)=NO. The Morgan fingerprint density at radius 2 is 2.05 bits per heavy atom. The molecule has 2 rings (SSSR count). The summed E-state index contributed by atoms with van der Waals surface area (Å²) in [5, 5.41) is 15.6. The van der Waals surface area contributed by atoms with Crippen molar-refractivity contribution in [1.82, 2.24) is 5.32 Å². The van der Waals surface area contributed by atoms with Crippen LogP contribution in [0.2, 0.25) is 0 Å². The molecular weight excluding hydrogens is 250 g/mol. The van der Waals surface area contributed by atoms with Crippen molar-refractivity contribution in [3.63, 3.8) is 0 Å². The zero-order valence-electron chi connectivity index (χ0n) is 12.2. The van der Waals surface area contributed by atoms with Crippen molar-refractivity contribution in [1.29, 1.82) is 0 Å². The zero-order valence-corrected chi connectivity index (χ0v) is 12.2. The molecule has 0 bridgehead atoms. The van der Waals surface area contributed by atoms with Crippen molar-refractivity contribution in [3.8, 4) is 0 Å². The second-order valence-electron chi connectivity index (χ2n) is 5.75. The molecule has 1 aromatic rings. The van der Waals surface area contributed by atoms with Crippen LogP contribution in [0.3, 0.4) is 0 Å². The Bertz CT molecular complexity index is 459. The van der Waals surface area contributed by atoms with Gasteiger partial charge in [-0.3, -0.25) is 0 Å². The first-order chi connectivity index (χ1) is 9.72. The second-order valence-corrected chi connectivity index (χ2v) is 5.75. The number of benzene rings is 1. The number of rotatable bonds is 4. The number of oxime groups is 1. The standard InChI is InChI=1S/C16H25N3O/c1-12-7-3-2-4-10-15(12)18-11-13-8-5-6-9-14(13)16(17)19-20/h5-6,8-9,12,15,18,20H,2-4,7,10-11H2,1H3,(H2,17,19). The Hall–Kier alpha value is -1.55. The van der Waals surface area contributed by atoms with Gasteiger partial charge in [-0.2, -0.15) is 0 Å². The molecule has 1 aromatic carbocycles. The third kappa shape index (κ3) is 3.73. The van der Waals surface area contributed by atoms with Crippen LogP contribution in [0.1, 0.15) is 50.2 Å². The number of nitrogens with two attached hydrogens (primary N) is 1. The molecule has 4 N–H and O–H groups in total. The van der Waals surface area contributed by atoms with Crippen molar-refractivity contribution in [3.05, 3.63) is 35.4 Å². The fourth-order valence-electron chi connectivity index (χ4n) is 3.02. The highest BCUT2D eigenvalue weighted by Crippen LogP contribution is 2.23. The van der Waals surface area contributed by atoms with Gasteiger partial charge in [0, 0.05) is 18.2 Å². The minimum atomic E-state index is 0.177. The van der Waals surface area contributed by atoms with Gasteiger partial charge in [0.25, 0.3) is 0 Å². The average molecular weight is 275 g/mol. The number of nitrogens with one attached hydrogen (secondary N) is 1. The Balaban J connectivity index is 2.03. The summed E-state index contributed by atoms with van der Waals surface area (Å²) in [5.74, 6) is 0.893. The van der Waals surface area contributed by atoms with Gasteiger partial charge in [-0.1, -0.05) is 55.6 Å². The zero-order chi connectivity index (χ0) is 14.4. The molecule has 2 unspecified atom stereocenters. The number of hydrogen-bond acceptors (Lipinski definition) is 3. The normalized spacial score (nSPS) is 24.4. The summed E-state index contributed by atoms with van der Waals surface area (Å²) in [6.45, 7) is 3.10. The van der Waals surface area contributed by atoms with E-state index in [4.69, 9.17) is 10.9 Å². The van der Waals surface area contributed by atoms with Crippen LogP contribution in [0.4, 0.5) is 0 Å². The van der Waals surface area contributed by atoms with E-state index in [2.05, 4.69) is 17.4 Å². The minimum absolute atomic E-state index is 0.177. The molecule has 4 nitrogen and oxygen atoms in total. The molecule has 0 radical (unpaired) electrons. The van der Waals surface area contributed by atoms with Gasteiger partial charge in [0.1, 0.15) is 0 Å². The monoisotopic (exact) mass is 275 g/mol. The summed E-state index contributed by atoms with van der Waals surface area (Å²) in [6, 6.07) is 8.38. The Kier molecular flexibility index (Phi) is 5.41. The van der Waals surface area contributed by atoms with Gasteiger partial charge in [0.05, 0.1) is 0 Å². The molecule has 0 amide bonds. The molecular formula is C16H25N3O. The molecule has 2 atom stereocenters. The van der Waals surface area contributed by atoms with E-state index in [-0.39, 0.29) is 5.84 Å². The van der Waals surface area contributed by atoms with Gasteiger partial charge >= 0.3 is 0 Å². The lowest BCUT2D eigenvalue weighted by atomic mass is 9.96. The molecule has 4 heteroatoms. The van der Waals surface area contributed by atoms with Crippen molar-refractivity contribution in [2.24, 2.45) is 16.8 Å². The van der Waals surface area contributed by atoms with Crippen LogP contribution in [0.15, 0.2) is 29.4 Å². The van der Waals surface area contributed by atoms with E-state index in [0.29, 0.717) is 12.0 Å². The summed E-state index contributed by atoms with van der Waals surface area (Å²) in [4.78, 5) is 0. The van der Waals surface area contributed by atoms with Gasteiger partial charge in [0.15, 0.2) is 5.84 Å². The quantitative estimate of drug-likeness (QED) is 0.260. The van der Waals surface area contributed by atoms with Gasteiger partial charge < -0.3 is 16.3 Å². The highest BCUT2D eigenvalue weighted by molar-refractivity contribution is 5.98. The molecule has 1 fully saturated rings. The van der Waals surface area contributed by atoms with Crippen molar-refractivity contribution < 1.29 is 5.21 Å². The first-order valence-corrected chi connectivity index (χ1v) is 7.51. The Morgan fingerprint density at radius 3 is 2.85 bits per heavy atom. The molecule has 0 spiro atoms. The summed E-state index contributed by atoms with van der Waals surface area (Å²) >= 11 is 0. The van der Waals surface area contributed by atoms with Gasteiger partial charge in [-0.05, 0) is 24.3 Å². The molecule has 0 heterocycles. The lowest BCUT2D eigenvalue weighted by Gasteiger charge is -2.23. The Morgan fingerprint density at radius 1 is 1.30 bits per heavy atom. The summed E-state index contributed by atoms with van der Waals surface area (Å²) < 4.78 is 0. The van der Waals surface area contributed by atoms with E-state index in [0.717, 1.165) is 17.7 Å². The molecule has 110 valence electrons. The average Bonchev–Trinajstić information content (AvgIpc) is 2.69. The molecule has 20 heavy (non-hydrogen) atoms. The van der Waals surface area contributed by atoms with E-state index in [1.807, 2.05) is 24.3 Å². The lowest BCUT2D eigenvalue weighted by Crippen LogP contribution is -2.34. The maximum absolute atomic E-state index is 8.85. The van der Waals surface area contributed by atoms with Crippen LogP contribution in [-0.4, -0.2) is 17.1 Å². The molecule has 0 saturated heterocycles. The van der Waals surface area contributed by atoms with Crippen molar-refractivity contribution in [2.75, 3.05) is 0 Å². The number of amidine groups is 1. The van der Waals surface area contributed by atoms with E-state index in [1.54, 1.807) is 0 Å². The third-order valence-corrected chi connectivity index (χ3v) is 4.32. The van der Waals surface area contributed by atoms with E-state index >= 15 is 0 Å². The molecule has 0 aromatic heterocycles. The van der Waals surface area contributed by atoms with E-state index in [9.17, 15) is 0 Å². The van der Waals surface area contributed by atoms with Crippen molar-refractivity contribution >= 4 is 5.84 Å². The van der Waals surface area contributed by atoms with E-state index in [1.165, 1.54) is 32.1 Å². The fraction of sp³-hybridized carbons (Fsp3) is 0.562. The van der Waals surface area contributed by atoms with Crippen LogP contribution in [-0.2, 0) is 6.54 Å². The molecule has 1 aliphatic rings. The van der Waals surface area contributed by atoms with E-state index < -0.39 is 0 Å². The van der Waals surface area contributed by atoms with Crippen LogP contribution in [0.5, 0.6) is 0 Å². The maximum Gasteiger partial charge on any atom is 0.170 e. The molecule has 1 saturated carbocycles. The first-order valence-electron chi connectivity index (χ1n) is 7.51. The first kappa shape index (κ1) is 14.9. The topological polar surface area (TPSA) is 70.6 Å². The minimum Gasteiger partial charge on any atom is -0.409 e. The third-order valence-electron chi connectivity index (χ3n) is 4.32. The highest BCUT2D eigenvalue weighted by atomic mass is 16.4. The summed E-state index contributed by atoms with van der Waals surface area (Å²) in [5.41, 5.74) is 7.62. The van der Waals surface area contributed by atoms with Crippen LogP contribution in [0, 0.1) is 5.92 Å². The van der Waals surface area contributed by atoms with Gasteiger partial charge in [-0.25, -0.2) is 0 Å². The van der Waals surface area contributed by atoms with Gasteiger partial charge in [0.2, 0.25) is 0 Å². The molecule has 0 aliphatic heterocycles. The van der Waals surface area contributed by atoms with Crippen LogP contribution in [0.25, 0.3) is 0 Å². The highest BCUT2D eigenvalue weighted by Gasteiger charge is 2.19. The van der Waals surface area contributed by atoms with Gasteiger partial charge in [-0.15, -0.1) is 0 Å². The molecule has 1 aliphatic carbocycles. The summed E-state index contributed by atoms with van der Waals surface area (Å²) in [6.07, 6.45) is 6.56. The maximum atomic E-state index is 8.85. The largest absolute Gasteiger partial charge is 0.409 e. The number of nitrogens with zero attached hydrogens (tertiary/aromatic N) is 1. The fourth-order valence-corrected chi connectivity index (χ4v) is 3.02. The van der Waals surface area contributed by atoms with Crippen molar-refractivity contribution in [2.45, 2.75) is 51.6 Å². The summed E-state index contributed by atoms with van der Waals surface area (Å²) in [7, 11) is 0. The predicted octanol–water partition coefficient (Wildman–Crippen LogP) is 2.84. The van der Waals surface area contributed by atoms with Crippen LogP contribution >= 0.6 is 0 Å². The second kappa shape index (κ2) is 7.29. The van der Waals surface area contributed by atoms with Crippen LogP contribution < -0.4 is 11.1 Å². The Labute approximate surface area is 121 Å². The lowest BCUT2D eigenvalue weighted by molar-refractivity contribution is 0.318.